The summed E-state index contributed by atoms with van der Waals surface area (Å²) in [6, 6.07) is 9.89. The average Bonchev–Trinajstić information content (AvgIpc) is 2.96. The molecule has 1 amide bonds. The number of hydrogen-bond donors (Lipinski definition) is 0. The highest BCUT2D eigenvalue weighted by Gasteiger charge is 2.29. The number of benzene rings is 1. The fraction of sp³-hybridized carbons (Fsp3) is 0.412. The van der Waals surface area contributed by atoms with E-state index in [0.29, 0.717) is 24.6 Å². The van der Waals surface area contributed by atoms with E-state index in [2.05, 4.69) is 36.2 Å². The van der Waals surface area contributed by atoms with Gasteiger partial charge in [-0.15, -0.1) is 0 Å². The number of aromatic nitrogens is 1. The van der Waals surface area contributed by atoms with Gasteiger partial charge in [0.05, 0.1) is 0 Å². The second kappa shape index (κ2) is 6.42. The molecule has 3 rings (SSSR count). The minimum atomic E-state index is -0.117. The number of methoxy groups -OCH3 is 1. The van der Waals surface area contributed by atoms with Crippen LogP contribution in [0.2, 0.25) is 0 Å². The minimum Gasteiger partial charge on any atom is -0.377 e. The van der Waals surface area contributed by atoms with Crippen LogP contribution in [0.4, 0.5) is 5.69 Å². The van der Waals surface area contributed by atoms with Crippen molar-refractivity contribution in [2.24, 2.45) is 0 Å². The molecular weight excluding hydrogens is 294 g/mol. The lowest BCUT2D eigenvalue weighted by Crippen LogP contribution is -2.42. The second-order valence-corrected chi connectivity index (χ2v) is 5.90. The molecule has 1 aliphatic heterocycles. The number of amides is 1. The first-order valence-corrected chi connectivity index (χ1v) is 7.64. The van der Waals surface area contributed by atoms with Gasteiger partial charge >= 0.3 is 0 Å². The molecule has 1 atom stereocenters. The Labute approximate surface area is 135 Å². The quantitative estimate of drug-likeness (QED) is 0.870. The number of hydrogen-bond acceptors (Lipinski definition) is 5. The van der Waals surface area contributed by atoms with Crippen LogP contribution in [0.1, 0.15) is 28.7 Å². The third-order valence-corrected chi connectivity index (χ3v) is 4.14. The number of likely N-dealkylation sites (N-methyl/N-ethyl adjacent to an activating group) is 1. The van der Waals surface area contributed by atoms with Gasteiger partial charge in [0.15, 0.2) is 11.5 Å². The molecule has 2 aromatic rings. The van der Waals surface area contributed by atoms with Crippen molar-refractivity contribution < 1.29 is 14.1 Å². The Bertz CT molecular complexity index is 698. The van der Waals surface area contributed by atoms with Crippen LogP contribution in [0.15, 0.2) is 34.9 Å². The van der Waals surface area contributed by atoms with Crippen LogP contribution in [0.5, 0.6) is 0 Å². The fourth-order valence-corrected chi connectivity index (χ4v) is 2.99. The Morgan fingerprint density at radius 2 is 2.22 bits per heavy atom. The topological polar surface area (TPSA) is 58.8 Å². The van der Waals surface area contributed by atoms with Gasteiger partial charge in [0, 0.05) is 45.0 Å². The van der Waals surface area contributed by atoms with Crippen molar-refractivity contribution in [2.45, 2.75) is 26.1 Å². The molecule has 1 aromatic carbocycles. The van der Waals surface area contributed by atoms with Crippen LogP contribution >= 0.6 is 0 Å². The number of ether oxygens (including phenoxy) is 1. The number of anilines is 1. The van der Waals surface area contributed by atoms with Crippen LogP contribution in [0.25, 0.3) is 0 Å². The van der Waals surface area contributed by atoms with E-state index >= 15 is 0 Å². The van der Waals surface area contributed by atoms with Crippen LogP contribution in [-0.2, 0) is 17.9 Å². The Kier molecular flexibility index (Phi) is 4.34. The maximum Gasteiger partial charge on any atom is 0.276 e. The molecule has 0 fully saturated rings. The van der Waals surface area contributed by atoms with E-state index in [9.17, 15) is 4.79 Å². The molecule has 23 heavy (non-hydrogen) atoms. The molecule has 122 valence electrons. The first-order valence-electron chi connectivity index (χ1n) is 7.64. The largest absolute Gasteiger partial charge is 0.377 e. The molecule has 0 unspecified atom stereocenters. The molecular formula is C17H21N3O3. The normalized spacial score (nSPS) is 17.8. The van der Waals surface area contributed by atoms with E-state index in [1.807, 2.05) is 17.0 Å². The van der Waals surface area contributed by atoms with Crippen molar-refractivity contribution in [1.29, 1.82) is 0 Å². The molecule has 0 spiro atoms. The van der Waals surface area contributed by atoms with Gasteiger partial charge in [-0.25, -0.2) is 0 Å². The smallest absolute Gasteiger partial charge is 0.276 e. The summed E-state index contributed by atoms with van der Waals surface area (Å²) in [6.07, 6.45) is 0. The third kappa shape index (κ3) is 3.07. The van der Waals surface area contributed by atoms with Crippen LogP contribution in [0.3, 0.4) is 0 Å². The van der Waals surface area contributed by atoms with E-state index in [4.69, 9.17) is 9.26 Å². The number of carbonyl (C=O) groups excluding carboxylic acids is 1. The van der Waals surface area contributed by atoms with Gasteiger partial charge < -0.3 is 19.1 Å². The standard InChI is InChI=1S/C17H21N3O3/c1-12-9-19(2)16-7-5-4-6-13(16)10-20(12)17(21)15-8-14(11-22-3)23-18-15/h4-8,12H,9-11H2,1-3H3/t12-/m0/s1. The predicted molar refractivity (Wildman–Crippen MR) is 86.3 cm³/mol. The van der Waals surface area contributed by atoms with Crippen LogP contribution in [-0.4, -0.2) is 42.7 Å². The summed E-state index contributed by atoms with van der Waals surface area (Å²) in [5.41, 5.74) is 2.62. The number of rotatable bonds is 3. The van der Waals surface area contributed by atoms with Gasteiger partial charge in [-0.05, 0) is 18.6 Å². The highest BCUT2D eigenvalue weighted by Crippen LogP contribution is 2.27. The Morgan fingerprint density at radius 3 is 3.00 bits per heavy atom. The van der Waals surface area contributed by atoms with Crippen molar-refractivity contribution in [3.63, 3.8) is 0 Å². The Hall–Kier alpha value is -2.34. The lowest BCUT2D eigenvalue weighted by Gasteiger charge is -2.27. The molecule has 1 aromatic heterocycles. The van der Waals surface area contributed by atoms with E-state index in [0.717, 1.165) is 17.8 Å². The highest BCUT2D eigenvalue weighted by molar-refractivity contribution is 5.92. The minimum absolute atomic E-state index is 0.0717. The van der Waals surface area contributed by atoms with E-state index in [-0.39, 0.29) is 11.9 Å². The molecule has 0 bridgehead atoms. The summed E-state index contributed by atoms with van der Waals surface area (Å²) < 4.78 is 10.1. The molecule has 1 aliphatic rings. The monoisotopic (exact) mass is 315 g/mol. The summed E-state index contributed by atoms with van der Waals surface area (Å²) in [6.45, 7) is 3.69. The number of fused-ring (bicyclic) bond motifs is 1. The van der Waals surface area contributed by atoms with Gasteiger partial charge in [-0.3, -0.25) is 4.79 Å². The van der Waals surface area contributed by atoms with Gasteiger partial charge in [0.2, 0.25) is 0 Å². The fourth-order valence-electron chi connectivity index (χ4n) is 2.99. The predicted octanol–water partition coefficient (Wildman–Crippen LogP) is 2.30. The van der Waals surface area contributed by atoms with Gasteiger partial charge in [0.1, 0.15) is 6.61 Å². The maximum absolute atomic E-state index is 12.8. The summed E-state index contributed by atoms with van der Waals surface area (Å²) in [5, 5.41) is 3.89. The zero-order chi connectivity index (χ0) is 16.4. The second-order valence-electron chi connectivity index (χ2n) is 5.90. The number of para-hydroxylation sites is 1. The van der Waals surface area contributed by atoms with Crippen molar-refractivity contribution in [3.05, 3.63) is 47.3 Å². The van der Waals surface area contributed by atoms with Crippen molar-refractivity contribution in [3.8, 4) is 0 Å². The summed E-state index contributed by atoms with van der Waals surface area (Å²) in [4.78, 5) is 16.9. The number of nitrogens with zero attached hydrogens (tertiary/aromatic N) is 3. The maximum atomic E-state index is 12.8. The first kappa shape index (κ1) is 15.6. The SMILES string of the molecule is COCc1cc(C(=O)N2Cc3ccccc3N(C)C[C@@H]2C)no1. The zero-order valence-electron chi connectivity index (χ0n) is 13.7. The molecule has 0 aliphatic carbocycles. The van der Waals surface area contributed by atoms with Crippen LogP contribution < -0.4 is 4.90 Å². The third-order valence-electron chi connectivity index (χ3n) is 4.14. The lowest BCUT2D eigenvalue weighted by atomic mass is 10.1. The average molecular weight is 315 g/mol. The highest BCUT2D eigenvalue weighted by atomic mass is 16.5. The van der Waals surface area contributed by atoms with Crippen molar-refractivity contribution in [1.82, 2.24) is 10.1 Å². The van der Waals surface area contributed by atoms with Crippen molar-refractivity contribution >= 4 is 11.6 Å². The van der Waals surface area contributed by atoms with Gasteiger partial charge in [-0.1, -0.05) is 23.4 Å². The molecule has 0 saturated carbocycles. The van der Waals surface area contributed by atoms with Crippen LogP contribution in [0, 0.1) is 0 Å². The van der Waals surface area contributed by atoms with E-state index < -0.39 is 0 Å². The van der Waals surface area contributed by atoms with E-state index in [1.54, 1.807) is 13.2 Å². The first-order chi connectivity index (χ1) is 11.1. The molecule has 0 saturated heterocycles. The molecule has 0 radical (unpaired) electrons. The zero-order valence-corrected chi connectivity index (χ0v) is 13.7. The Morgan fingerprint density at radius 1 is 1.43 bits per heavy atom. The van der Waals surface area contributed by atoms with Gasteiger partial charge in [-0.2, -0.15) is 0 Å². The molecule has 0 N–H and O–H groups in total. The lowest BCUT2D eigenvalue weighted by molar-refractivity contribution is 0.0676. The molecule has 2 heterocycles. The van der Waals surface area contributed by atoms with Gasteiger partial charge in [0.25, 0.3) is 5.91 Å². The molecule has 6 heteroatoms. The summed E-state index contributed by atoms with van der Waals surface area (Å²) >= 11 is 0. The van der Waals surface area contributed by atoms with E-state index in [1.165, 1.54) is 0 Å². The number of carbonyl (C=O) groups is 1. The van der Waals surface area contributed by atoms with Crippen molar-refractivity contribution in [2.75, 3.05) is 25.6 Å². The molecule has 6 nitrogen and oxygen atoms in total. The summed E-state index contributed by atoms with van der Waals surface area (Å²) in [7, 11) is 3.63. The summed E-state index contributed by atoms with van der Waals surface area (Å²) in [5.74, 6) is 0.435. The Balaban J connectivity index is 1.87.